The van der Waals surface area contributed by atoms with E-state index in [0.717, 1.165) is 36.3 Å². The number of hydrogen-bond donors (Lipinski definition) is 1. The molecule has 2 rings (SSSR count). The van der Waals surface area contributed by atoms with Crippen molar-refractivity contribution in [1.29, 1.82) is 0 Å². The van der Waals surface area contributed by atoms with Crippen molar-refractivity contribution >= 4 is 17.6 Å². The van der Waals surface area contributed by atoms with Gasteiger partial charge in [0.05, 0.1) is 7.11 Å². The summed E-state index contributed by atoms with van der Waals surface area (Å²) in [7, 11) is 1.42. The maximum atomic E-state index is 11.4. The normalized spacial score (nSPS) is 29.6. The predicted octanol–water partition coefficient (Wildman–Crippen LogP) is 2.12. The molecule has 1 N–H and O–H groups in total. The molecule has 16 heavy (non-hydrogen) atoms. The molecule has 1 fully saturated rings. The summed E-state index contributed by atoms with van der Waals surface area (Å²) in [6.45, 7) is 0. The highest BCUT2D eigenvalue weighted by Gasteiger charge is 2.32. The molecule has 0 saturated carbocycles. The summed E-state index contributed by atoms with van der Waals surface area (Å²) < 4.78 is 4.73. The number of carbonyl (C=O) groups is 1. The van der Waals surface area contributed by atoms with Gasteiger partial charge in [-0.25, -0.2) is 0 Å². The Morgan fingerprint density at radius 3 is 3.06 bits per heavy atom. The van der Waals surface area contributed by atoms with E-state index in [0.29, 0.717) is 0 Å². The van der Waals surface area contributed by atoms with Crippen molar-refractivity contribution in [2.75, 3.05) is 7.11 Å². The van der Waals surface area contributed by atoms with Crippen LogP contribution in [0.4, 0.5) is 0 Å². The lowest BCUT2D eigenvalue weighted by atomic mass is 9.99. The van der Waals surface area contributed by atoms with Crippen LogP contribution in [0.2, 0.25) is 0 Å². The van der Waals surface area contributed by atoms with Gasteiger partial charge in [0.2, 0.25) is 0 Å². The molecule has 1 saturated heterocycles. The van der Waals surface area contributed by atoms with Gasteiger partial charge < -0.3 is 4.74 Å². The van der Waals surface area contributed by atoms with Crippen molar-refractivity contribution < 1.29 is 9.53 Å². The highest BCUT2D eigenvalue weighted by molar-refractivity contribution is 6.30. The third-order valence-electron chi connectivity index (χ3n) is 3.15. The van der Waals surface area contributed by atoms with E-state index >= 15 is 0 Å². The first kappa shape index (κ1) is 11.7. The number of carbonyl (C=O) groups excluding carboxylic acids is 1. The van der Waals surface area contributed by atoms with Gasteiger partial charge in [-0.2, -0.15) is 0 Å². The number of allylic oxidation sites excluding steroid dienone is 2. The highest BCUT2D eigenvalue weighted by atomic mass is 35.5. The van der Waals surface area contributed by atoms with Crippen molar-refractivity contribution in [1.82, 2.24) is 5.32 Å². The zero-order chi connectivity index (χ0) is 11.5. The summed E-state index contributed by atoms with van der Waals surface area (Å²) in [5, 5.41) is 4.20. The Labute approximate surface area is 100 Å². The number of esters is 1. The van der Waals surface area contributed by atoms with Crippen molar-refractivity contribution in [3.63, 3.8) is 0 Å². The lowest BCUT2D eigenvalue weighted by Crippen LogP contribution is -2.37. The molecule has 1 aliphatic heterocycles. The maximum absolute atomic E-state index is 11.4. The minimum absolute atomic E-state index is 0.178. The van der Waals surface area contributed by atoms with Gasteiger partial charge in [-0.15, -0.1) is 0 Å². The van der Waals surface area contributed by atoms with Crippen LogP contribution in [0, 0.1) is 0 Å². The van der Waals surface area contributed by atoms with E-state index < -0.39 is 0 Å². The lowest BCUT2D eigenvalue weighted by molar-refractivity contribution is -0.142. The minimum atomic E-state index is -0.181. The molecule has 1 aliphatic carbocycles. The summed E-state index contributed by atoms with van der Waals surface area (Å²) in [5.74, 6) is -0.181. The minimum Gasteiger partial charge on any atom is -0.468 e. The van der Waals surface area contributed by atoms with Crippen LogP contribution >= 0.6 is 11.6 Å². The Bertz CT molecular complexity index is 349. The molecule has 1 heterocycles. The maximum Gasteiger partial charge on any atom is 0.322 e. The van der Waals surface area contributed by atoms with E-state index in [4.69, 9.17) is 16.3 Å². The largest absolute Gasteiger partial charge is 0.468 e. The second kappa shape index (κ2) is 5.02. The molecule has 2 atom stereocenters. The van der Waals surface area contributed by atoms with Crippen LogP contribution in [0.25, 0.3) is 0 Å². The van der Waals surface area contributed by atoms with Crippen LogP contribution in [-0.2, 0) is 9.53 Å². The molecular formula is C12H16ClNO2. The van der Waals surface area contributed by atoms with E-state index in [9.17, 15) is 4.79 Å². The van der Waals surface area contributed by atoms with Crippen molar-refractivity contribution in [3.05, 3.63) is 22.8 Å². The van der Waals surface area contributed by atoms with Gasteiger partial charge in [-0.05, 0) is 31.3 Å². The quantitative estimate of drug-likeness (QED) is 0.753. The molecule has 0 unspecified atom stereocenters. The summed E-state index contributed by atoms with van der Waals surface area (Å²) in [6, 6.07) is 0.0236. The summed E-state index contributed by atoms with van der Waals surface area (Å²) in [4.78, 5) is 11.4. The number of methoxy groups -OCH3 is 1. The van der Waals surface area contributed by atoms with Crippen molar-refractivity contribution in [3.8, 4) is 0 Å². The van der Waals surface area contributed by atoms with E-state index in [2.05, 4.69) is 17.5 Å². The van der Waals surface area contributed by atoms with Gasteiger partial charge in [0.15, 0.2) is 0 Å². The Morgan fingerprint density at radius 2 is 2.38 bits per heavy atom. The summed E-state index contributed by atoms with van der Waals surface area (Å²) in [5.41, 5.74) is 1.14. The summed E-state index contributed by atoms with van der Waals surface area (Å²) >= 11 is 6.20. The van der Waals surface area contributed by atoms with E-state index in [-0.39, 0.29) is 18.1 Å². The zero-order valence-corrected chi connectivity index (χ0v) is 10.1. The van der Waals surface area contributed by atoms with Crippen LogP contribution in [-0.4, -0.2) is 25.2 Å². The number of rotatable bonds is 2. The molecule has 2 aliphatic rings. The Morgan fingerprint density at radius 1 is 1.56 bits per heavy atom. The van der Waals surface area contributed by atoms with Crippen LogP contribution in [0.1, 0.15) is 25.7 Å². The fourth-order valence-electron chi connectivity index (χ4n) is 2.28. The molecule has 0 spiro atoms. The number of hydrogen-bond acceptors (Lipinski definition) is 3. The molecule has 4 heteroatoms. The van der Waals surface area contributed by atoms with E-state index in [1.54, 1.807) is 0 Å². The number of ether oxygens (including phenoxy) is 1. The fraction of sp³-hybridized carbons (Fsp3) is 0.583. The van der Waals surface area contributed by atoms with E-state index in [1.165, 1.54) is 7.11 Å². The number of nitrogens with one attached hydrogen (secondary N) is 1. The van der Waals surface area contributed by atoms with Gasteiger partial charge in [0.1, 0.15) is 6.04 Å². The molecule has 0 aromatic rings. The standard InChI is InChI=1S/C12H16ClNO2/c1-16-12(15)11-7-6-10(14-11)8-4-2-3-5-9(8)13/h2,4,10-11,14H,3,5-7H2,1H3/t10-,11-/m0/s1. The van der Waals surface area contributed by atoms with Gasteiger partial charge in [0.25, 0.3) is 0 Å². The Kier molecular flexibility index (Phi) is 3.66. The predicted molar refractivity (Wildman–Crippen MR) is 63.2 cm³/mol. The molecule has 0 radical (unpaired) electrons. The molecule has 88 valence electrons. The van der Waals surface area contributed by atoms with Gasteiger partial charge in [-0.1, -0.05) is 23.8 Å². The summed E-state index contributed by atoms with van der Waals surface area (Å²) in [6.07, 6.45) is 7.88. The highest BCUT2D eigenvalue weighted by Crippen LogP contribution is 2.29. The van der Waals surface area contributed by atoms with Crippen molar-refractivity contribution in [2.45, 2.75) is 37.8 Å². The lowest BCUT2D eigenvalue weighted by Gasteiger charge is -2.18. The van der Waals surface area contributed by atoms with Gasteiger partial charge >= 0.3 is 5.97 Å². The van der Waals surface area contributed by atoms with Crippen LogP contribution in [0.3, 0.4) is 0 Å². The third-order valence-corrected chi connectivity index (χ3v) is 3.56. The average molecular weight is 242 g/mol. The monoisotopic (exact) mass is 241 g/mol. The van der Waals surface area contributed by atoms with Gasteiger partial charge in [-0.3, -0.25) is 10.1 Å². The van der Waals surface area contributed by atoms with E-state index in [1.807, 2.05) is 0 Å². The molecular weight excluding hydrogens is 226 g/mol. The third kappa shape index (κ3) is 2.30. The SMILES string of the molecule is COC(=O)[C@@H]1CC[C@@H](C2=C(Cl)CCC=C2)N1. The topological polar surface area (TPSA) is 38.3 Å². The van der Waals surface area contributed by atoms with Crippen LogP contribution < -0.4 is 5.32 Å². The molecule has 0 bridgehead atoms. The first-order chi connectivity index (χ1) is 7.72. The molecule has 0 aromatic carbocycles. The Balaban J connectivity index is 2.03. The smallest absolute Gasteiger partial charge is 0.322 e. The fourth-order valence-corrected chi connectivity index (χ4v) is 2.58. The second-order valence-corrected chi connectivity index (χ2v) is 4.63. The molecule has 0 aromatic heterocycles. The zero-order valence-electron chi connectivity index (χ0n) is 9.33. The first-order valence-electron chi connectivity index (χ1n) is 5.61. The first-order valence-corrected chi connectivity index (χ1v) is 5.99. The molecule has 3 nitrogen and oxygen atoms in total. The Hall–Kier alpha value is -0.800. The average Bonchev–Trinajstić information content (AvgIpc) is 2.78. The molecule has 0 amide bonds. The van der Waals surface area contributed by atoms with Gasteiger partial charge in [0, 0.05) is 11.1 Å². The number of halogens is 1. The van der Waals surface area contributed by atoms with Crippen LogP contribution in [0.5, 0.6) is 0 Å². The second-order valence-electron chi connectivity index (χ2n) is 4.17. The van der Waals surface area contributed by atoms with Crippen LogP contribution in [0.15, 0.2) is 22.8 Å². The van der Waals surface area contributed by atoms with Crippen molar-refractivity contribution in [2.24, 2.45) is 0 Å².